The highest BCUT2D eigenvalue weighted by Gasteiger charge is 2.30. The van der Waals surface area contributed by atoms with E-state index in [1.807, 2.05) is 0 Å². The zero-order valence-corrected chi connectivity index (χ0v) is 10.2. The number of rotatable bonds is 4. The molecular formula is C13H11F3N2O2. The minimum Gasteiger partial charge on any atom is -0.481 e. The highest BCUT2D eigenvalue weighted by molar-refractivity contribution is 5.68. The fourth-order valence-electron chi connectivity index (χ4n) is 1.82. The molecule has 4 nitrogen and oxygen atoms in total. The standard InChI is InChI=1S/C13H11F3N2O2/c14-13(15,16)10-4-1-8(2-5-10)12-9(7-17-18-12)3-6-11(19)20/h1-2,4-5,7H,3,6H2,(H,17,18)(H,19,20). The number of halogens is 3. The summed E-state index contributed by atoms with van der Waals surface area (Å²) in [5, 5.41) is 15.1. The van der Waals surface area contributed by atoms with Crippen LogP contribution in [0.5, 0.6) is 0 Å². The Morgan fingerprint density at radius 3 is 2.45 bits per heavy atom. The maximum Gasteiger partial charge on any atom is 0.416 e. The van der Waals surface area contributed by atoms with Crippen LogP contribution in [-0.4, -0.2) is 21.3 Å². The number of aryl methyl sites for hydroxylation is 1. The first-order chi connectivity index (χ1) is 9.38. The molecule has 20 heavy (non-hydrogen) atoms. The van der Waals surface area contributed by atoms with Crippen LogP contribution in [0.15, 0.2) is 30.5 Å². The van der Waals surface area contributed by atoms with E-state index in [0.29, 0.717) is 16.8 Å². The fourth-order valence-corrected chi connectivity index (χ4v) is 1.82. The Morgan fingerprint density at radius 1 is 1.25 bits per heavy atom. The number of aromatic amines is 1. The van der Waals surface area contributed by atoms with Gasteiger partial charge in [-0.1, -0.05) is 12.1 Å². The summed E-state index contributed by atoms with van der Waals surface area (Å²) in [6.07, 6.45) is -2.69. The normalized spacial score (nSPS) is 11.6. The van der Waals surface area contributed by atoms with Crippen LogP contribution >= 0.6 is 0 Å². The molecule has 0 aliphatic heterocycles. The minimum atomic E-state index is -4.38. The molecule has 0 aliphatic rings. The van der Waals surface area contributed by atoms with Crippen LogP contribution in [0.2, 0.25) is 0 Å². The molecule has 0 aliphatic carbocycles. The molecule has 2 rings (SSSR count). The molecule has 0 saturated heterocycles. The first-order valence-electron chi connectivity index (χ1n) is 5.79. The topological polar surface area (TPSA) is 66.0 Å². The number of benzene rings is 1. The molecule has 1 aromatic carbocycles. The van der Waals surface area contributed by atoms with Crippen molar-refractivity contribution in [1.82, 2.24) is 10.2 Å². The Morgan fingerprint density at radius 2 is 1.90 bits per heavy atom. The van der Waals surface area contributed by atoms with Gasteiger partial charge in [0.1, 0.15) is 0 Å². The number of carboxylic acid groups (broad SMARTS) is 1. The minimum absolute atomic E-state index is 0.0623. The third-order valence-electron chi connectivity index (χ3n) is 2.83. The fraction of sp³-hybridized carbons (Fsp3) is 0.231. The third kappa shape index (κ3) is 3.17. The van der Waals surface area contributed by atoms with E-state index in [1.54, 1.807) is 0 Å². The van der Waals surface area contributed by atoms with Crippen LogP contribution in [0.1, 0.15) is 17.5 Å². The van der Waals surface area contributed by atoms with E-state index >= 15 is 0 Å². The van der Waals surface area contributed by atoms with Gasteiger partial charge in [0, 0.05) is 6.42 Å². The van der Waals surface area contributed by atoms with Crippen molar-refractivity contribution in [3.05, 3.63) is 41.6 Å². The smallest absolute Gasteiger partial charge is 0.416 e. The van der Waals surface area contributed by atoms with Crippen LogP contribution < -0.4 is 0 Å². The van der Waals surface area contributed by atoms with Crippen LogP contribution in [0.25, 0.3) is 11.3 Å². The monoisotopic (exact) mass is 284 g/mol. The highest BCUT2D eigenvalue weighted by atomic mass is 19.4. The predicted molar refractivity (Wildman–Crippen MR) is 65.0 cm³/mol. The van der Waals surface area contributed by atoms with Gasteiger partial charge in [-0.2, -0.15) is 18.3 Å². The molecule has 0 amide bonds. The quantitative estimate of drug-likeness (QED) is 0.906. The molecule has 2 N–H and O–H groups in total. The largest absolute Gasteiger partial charge is 0.481 e. The molecule has 1 heterocycles. The van der Waals surface area contributed by atoms with E-state index < -0.39 is 17.7 Å². The van der Waals surface area contributed by atoms with Crippen molar-refractivity contribution in [2.24, 2.45) is 0 Å². The van der Waals surface area contributed by atoms with Crippen molar-refractivity contribution in [1.29, 1.82) is 0 Å². The van der Waals surface area contributed by atoms with E-state index in [9.17, 15) is 18.0 Å². The SMILES string of the molecule is O=C(O)CCc1cn[nH]c1-c1ccc(C(F)(F)F)cc1. The zero-order valence-electron chi connectivity index (χ0n) is 10.2. The van der Waals surface area contributed by atoms with E-state index in [1.165, 1.54) is 18.3 Å². The van der Waals surface area contributed by atoms with Crippen LogP contribution in [0.3, 0.4) is 0 Å². The summed E-state index contributed by atoms with van der Waals surface area (Å²) in [5.74, 6) is -0.940. The van der Waals surface area contributed by atoms with E-state index in [2.05, 4.69) is 10.2 Å². The zero-order chi connectivity index (χ0) is 14.8. The average Bonchev–Trinajstić information content (AvgIpc) is 2.83. The first-order valence-corrected chi connectivity index (χ1v) is 5.79. The molecule has 106 valence electrons. The maximum absolute atomic E-state index is 12.5. The van der Waals surface area contributed by atoms with Crippen molar-refractivity contribution >= 4 is 5.97 Å². The number of nitrogens with zero attached hydrogens (tertiary/aromatic N) is 1. The second-order valence-corrected chi connectivity index (χ2v) is 4.24. The van der Waals surface area contributed by atoms with Gasteiger partial charge in [0.15, 0.2) is 0 Å². The summed E-state index contributed by atoms with van der Waals surface area (Å²) in [4.78, 5) is 10.5. The Bertz CT molecular complexity index is 603. The second kappa shape index (κ2) is 5.36. The van der Waals surface area contributed by atoms with Crippen LogP contribution in [-0.2, 0) is 17.4 Å². The van der Waals surface area contributed by atoms with Crippen molar-refractivity contribution in [3.63, 3.8) is 0 Å². The van der Waals surface area contributed by atoms with Gasteiger partial charge in [-0.25, -0.2) is 0 Å². The summed E-state index contributed by atoms with van der Waals surface area (Å²) in [6.45, 7) is 0. The molecule has 0 spiro atoms. The maximum atomic E-state index is 12.5. The van der Waals surface area contributed by atoms with E-state index in [4.69, 9.17) is 5.11 Å². The molecule has 0 bridgehead atoms. The first kappa shape index (κ1) is 14.1. The molecule has 0 saturated carbocycles. The lowest BCUT2D eigenvalue weighted by Gasteiger charge is -2.07. The van der Waals surface area contributed by atoms with Gasteiger partial charge >= 0.3 is 12.1 Å². The van der Waals surface area contributed by atoms with Gasteiger partial charge in [-0.15, -0.1) is 0 Å². The molecule has 7 heteroatoms. The van der Waals surface area contributed by atoms with Gasteiger partial charge in [0.2, 0.25) is 0 Å². The molecular weight excluding hydrogens is 273 g/mol. The molecule has 2 aromatic rings. The third-order valence-corrected chi connectivity index (χ3v) is 2.83. The van der Waals surface area contributed by atoms with Crippen molar-refractivity contribution in [3.8, 4) is 11.3 Å². The summed E-state index contributed by atoms with van der Waals surface area (Å²) in [7, 11) is 0. The lowest BCUT2D eigenvalue weighted by atomic mass is 10.0. The summed E-state index contributed by atoms with van der Waals surface area (Å²) in [6, 6.07) is 4.63. The number of alkyl halides is 3. The lowest BCUT2D eigenvalue weighted by Crippen LogP contribution is -2.04. The molecule has 1 aromatic heterocycles. The van der Waals surface area contributed by atoms with E-state index in [0.717, 1.165) is 12.1 Å². The Balaban J connectivity index is 2.24. The van der Waals surface area contributed by atoms with Gasteiger partial charge in [0.25, 0.3) is 0 Å². The summed E-state index contributed by atoms with van der Waals surface area (Å²) < 4.78 is 37.4. The van der Waals surface area contributed by atoms with Gasteiger partial charge in [-0.05, 0) is 29.7 Å². The van der Waals surface area contributed by atoms with Crippen molar-refractivity contribution < 1.29 is 23.1 Å². The second-order valence-electron chi connectivity index (χ2n) is 4.24. The molecule has 0 unspecified atom stereocenters. The van der Waals surface area contributed by atoms with Gasteiger partial charge in [0.05, 0.1) is 17.5 Å². The van der Waals surface area contributed by atoms with E-state index in [-0.39, 0.29) is 12.8 Å². The lowest BCUT2D eigenvalue weighted by molar-refractivity contribution is -0.138. The van der Waals surface area contributed by atoms with Gasteiger partial charge in [-0.3, -0.25) is 9.89 Å². The predicted octanol–water partition coefficient (Wildman–Crippen LogP) is 3.11. The number of nitrogens with one attached hydrogen (secondary N) is 1. The highest BCUT2D eigenvalue weighted by Crippen LogP contribution is 2.31. The Hall–Kier alpha value is -2.31. The number of aliphatic carboxylic acids is 1. The van der Waals surface area contributed by atoms with Crippen molar-refractivity contribution in [2.75, 3.05) is 0 Å². The average molecular weight is 284 g/mol. The summed E-state index contributed by atoms with van der Waals surface area (Å²) in [5.41, 5.74) is 1.01. The number of carbonyl (C=O) groups is 1. The number of carboxylic acids is 1. The number of hydrogen-bond acceptors (Lipinski definition) is 2. The number of aromatic nitrogens is 2. The molecule has 0 radical (unpaired) electrons. The number of H-pyrrole nitrogens is 1. The van der Waals surface area contributed by atoms with Crippen molar-refractivity contribution in [2.45, 2.75) is 19.0 Å². The van der Waals surface area contributed by atoms with Crippen LogP contribution in [0.4, 0.5) is 13.2 Å². The van der Waals surface area contributed by atoms with Crippen LogP contribution in [0, 0.1) is 0 Å². The molecule has 0 atom stereocenters. The molecule has 0 fully saturated rings. The summed E-state index contributed by atoms with van der Waals surface area (Å²) >= 11 is 0. The Labute approximate surface area is 112 Å². The number of hydrogen-bond donors (Lipinski definition) is 2. The Kier molecular flexibility index (Phi) is 3.78. The van der Waals surface area contributed by atoms with Gasteiger partial charge < -0.3 is 5.11 Å².